The summed E-state index contributed by atoms with van der Waals surface area (Å²) in [7, 11) is 0. The van der Waals surface area contributed by atoms with Gasteiger partial charge in [-0.3, -0.25) is 9.89 Å². The Bertz CT molecular complexity index is 1290. The highest BCUT2D eigenvalue weighted by molar-refractivity contribution is 6.09. The van der Waals surface area contributed by atoms with Crippen LogP contribution >= 0.6 is 0 Å². The molecule has 0 spiro atoms. The molecule has 1 aliphatic carbocycles. The molecule has 7 heteroatoms. The van der Waals surface area contributed by atoms with Gasteiger partial charge in [-0.25, -0.2) is 9.97 Å². The molecule has 160 valence electrons. The van der Waals surface area contributed by atoms with Crippen LogP contribution in [-0.2, 0) is 0 Å². The average molecular weight is 425 g/mol. The Morgan fingerprint density at radius 3 is 2.56 bits per heavy atom. The minimum atomic E-state index is -0.146. The predicted octanol–water partition coefficient (Wildman–Crippen LogP) is 4.75. The highest BCUT2D eigenvalue weighted by Crippen LogP contribution is 2.38. The molecule has 2 N–H and O–H groups in total. The highest BCUT2D eigenvalue weighted by Gasteiger charge is 2.27. The van der Waals surface area contributed by atoms with Gasteiger partial charge in [0, 0.05) is 35.6 Å². The van der Waals surface area contributed by atoms with Crippen molar-refractivity contribution >= 4 is 28.3 Å². The Morgan fingerprint density at radius 2 is 1.78 bits per heavy atom. The second kappa shape index (κ2) is 7.75. The largest absolute Gasteiger partial charge is 0.356 e. The lowest BCUT2D eigenvalue weighted by Crippen LogP contribution is -2.24. The van der Waals surface area contributed by atoms with Crippen LogP contribution in [0.3, 0.4) is 0 Å². The molecular formula is C25H24N6O. The molecule has 2 fully saturated rings. The number of hydrogen-bond acceptors (Lipinski definition) is 5. The van der Waals surface area contributed by atoms with Crippen LogP contribution in [0, 0.1) is 0 Å². The summed E-state index contributed by atoms with van der Waals surface area (Å²) in [5, 5.41) is 11.4. The van der Waals surface area contributed by atoms with Gasteiger partial charge in [-0.05, 0) is 62.1 Å². The van der Waals surface area contributed by atoms with Gasteiger partial charge in [0.15, 0.2) is 5.82 Å². The normalized spacial score (nSPS) is 15.9. The van der Waals surface area contributed by atoms with Crippen LogP contribution in [0.5, 0.6) is 0 Å². The van der Waals surface area contributed by atoms with Gasteiger partial charge in [0.2, 0.25) is 0 Å². The summed E-state index contributed by atoms with van der Waals surface area (Å²) in [5.74, 6) is 2.82. The smallest absolute Gasteiger partial charge is 0.259 e. The molecule has 0 radical (unpaired) electrons. The van der Waals surface area contributed by atoms with Gasteiger partial charge in [-0.2, -0.15) is 5.10 Å². The van der Waals surface area contributed by atoms with Crippen molar-refractivity contribution in [3.63, 3.8) is 0 Å². The number of fused-ring (bicyclic) bond motifs is 1. The lowest BCUT2D eigenvalue weighted by Gasteiger charge is -2.20. The summed E-state index contributed by atoms with van der Waals surface area (Å²) >= 11 is 0. The van der Waals surface area contributed by atoms with Crippen molar-refractivity contribution in [2.24, 2.45) is 0 Å². The van der Waals surface area contributed by atoms with Crippen LogP contribution in [0.15, 0.2) is 54.6 Å². The molecule has 0 unspecified atom stereocenters. The maximum atomic E-state index is 13.3. The third kappa shape index (κ3) is 3.60. The fourth-order valence-electron chi connectivity index (χ4n) is 4.29. The standard InChI is InChI=1S/C25H24N6O/c32-25(20-15-18-5-1-2-6-21(18)27-24(20)31-13-3-4-14-31)26-19-11-9-17(10-12-19)23-28-22(29-30-23)16-7-8-16/h1-2,5-6,9-12,15-16H,3-4,7-8,13-14H2,(H,26,32)(H,28,29,30). The molecule has 1 aliphatic heterocycles. The van der Waals surface area contributed by atoms with Gasteiger partial charge < -0.3 is 10.2 Å². The van der Waals surface area contributed by atoms with Crippen molar-refractivity contribution in [2.45, 2.75) is 31.6 Å². The molecule has 0 atom stereocenters. The molecule has 1 amide bonds. The van der Waals surface area contributed by atoms with Crippen LogP contribution in [0.1, 0.15) is 47.8 Å². The Labute approximate surface area is 185 Å². The van der Waals surface area contributed by atoms with E-state index in [1.54, 1.807) is 0 Å². The van der Waals surface area contributed by atoms with E-state index in [-0.39, 0.29) is 5.91 Å². The second-order valence-electron chi connectivity index (χ2n) is 8.60. The van der Waals surface area contributed by atoms with Crippen molar-refractivity contribution in [1.29, 1.82) is 0 Å². The maximum absolute atomic E-state index is 13.3. The summed E-state index contributed by atoms with van der Waals surface area (Å²) < 4.78 is 0. The van der Waals surface area contributed by atoms with Crippen LogP contribution in [0.4, 0.5) is 11.5 Å². The van der Waals surface area contributed by atoms with Crippen molar-refractivity contribution in [3.8, 4) is 11.4 Å². The van der Waals surface area contributed by atoms with Crippen LogP contribution in [0.25, 0.3) is 22.3 Å². The van der Waals surface area contributed by atoms with E-state index >= 15 is 0 Å². The summed E-state index contributed by atoms with van der Waals surface area (Å²) in [6.07, 6.45) is 4.62. The van der Waals surface area contributed by atoms with Crippen molar-refractivity contribution < 1.29 is 4.79 Å². The topological polar surface area (TPSA) is 86.8 Å². The molecule has 6 rings (SSSR count). The zero-order valence-electron chi connectivity index (χ0n) is 17.7. The van der Waals surface area contributed by atoms with Gasteiger partial charge >= 0.3 is 0 Å². The van der Waals surface area contributed by atoms with E-state index in [1.165, 1.54) is 12.8 Å². The number of hydrogen-bond donors (Lipinski definition) is 2. The minimum absolute atomic E-state index is 0.146. The van der Waals surface area contributed by atoms with Crippen molar-refractivity contribution in [2.75, 3.05) is 23.3 Å². The Kier molecular flexibility index (Phi) is 4.60. The summed E-state index contributed by atoms with van der Waals surface area (Å²) in [6.45, 7) is 1.86. The number of anilines is 2. The first-order chi connectivity index (χ1) is 15.7. The monoisotopic (exact) mass is 424 g/mol. The molecule has 4 aromatic rings. The van der Waals surface area contributed by atoms with E-state index in [9.17, 15) is 4.79 Å². The number of aromatic amines is 1. The van der Waals surface area contributed by atoms with E-state index in [1.807, 2.05) is 54.6 Å². The molecule has 1 saturated carbocycles. The number of carbonyl (C=O) groups excluding carboxylic acids is 1. The van der Waals surface area contributed by atoms with Crippen molar-refractivity contribution in [3.05, 3.63) is 66.0 Å². The van der Waals surface area contributed by atoms with Gasteiger partial charge in [0.1, 0.15) is 11.6 Å². The number of amides is 1. The number of pyridine rings is 1. The average Bonchev–Trinajstić information content (AvgIpc) is 3.32. The number of benzene rings is 2. The molecule has 0 bridgehead atoms. The molecular weight excluding hydrogens is 400 g/mol. The van der Waals surface area contributed by atoms with E-state index < -0.39 is 0 Å². The Balaban J connectivity index is 1.26. The van der Waals surface area contributed by atoms with Gasteiger partial charge in [-0.1, -0.05) is 18.2 Å². The SMILES string of the molecule is O=C(Nc1ccc(-c2n[nH]c(C3CC3)n2)cc1)c1cc2ccccc2nc1N1CCCC1. The number of nitrogens with zero attached hydrogens (tertiary/aromatic N) is 4. The first kappa shape index (κ1) is 19.0. The maximum Gasteiger partial charge on any atom is 0.259 e. The fraction of sp³-hybridized carbons (Fsp3) is 0.280. The summed E-state index contributed by atoms with van der Waals surface area (Å²) in [4.78, 5) is 24.9. The van der Waals surface area contributed by atoms with E-state index in [0.29, 0.717) is 17.3 Å². The summed E-state index contributed by atoms with van der Waals surface area (Å²) in [6, 6.07) is 17.6. The van der Waals surface area contributed by atoms with Crippen LogP contribution in [0.2, 0.25) is 0 Å². The number of H-pyrrole nitrogens is 1. The van der Waals surface area contributed by atoms with E-state index in [0.717, 1.165) is 59.7 Å². The zero-order valence-corrected chi connectivity index (χ0v) is 17.7. The first-order valence-electron chi connectivity index (χ1n) is 11.2. The predicted molar refractivity (Wildman–Crippen MR) is 125 cm³/mol. The molecule has 2 aliphatic rings. The molecule has 1 saturated heterocycles. The third-order valence-electron chi connectivity index (χ3n) is 6.22. The van der Waals surface area contributed by atoms with Crippen molar-refractivity contribution in [1.82, 2.24) is 20.2 Å². The zero-order chi connectivity index (χ0) is 21.5. The highest BCUT2D eigenvalue weighted by atomic mass is 16.1. The van der Waals surface area contributed by atoms with E-state index in [4.69, 9.17) is 4.98 Å². The quantitative estimate of drug-likeness (QED) is 0.483. The number of para-hydroxylation sites is 1. The second-order valence-corrected chi connectivity index (χ2v) is 8.60. The number of carbonyl (C=O) groups is 1. The molecule has 2 aromatic heterocycles. The minimum Gasteiger partial charge on any atom is -0.356 e. The van der Waals surface area contributed by atoms with Gasteiger partial charge in [0.25, 0.3) is 5.91 Å². The van der Waals surface area contributed by atoms with Gasteiger partial charge in [-0.15, -0.1) is 0 Å². The van der Waals surface area contributed by atoms with E-state index in [2.05, 4.69) is 25.4 Å². The van der Waals surface area contributed by atoms with Crippen LogP contribution in [-0.4, -0.2) is 39.2 Å². The number of aromatic nitrogens is 4. The molecule has 7 nitrogen and oxygen atoms in total. The molecule has 3 heterocycles. The lowest BCUT2D eigenvalue weighted by molar-refractivity contribution is 0.102. The molecule has 32 heavy (non-hydrogen) atoms. The fourth-order valence-corrected chi connectivity index (χ4v) is 4.29. The number of nitrogens with one attached hydrogen (secondary N) is 2. The van der Waals surface area contributed by atoms with Crippen LogP contribution < -0.4 is 10.2 Å². The summed E-state index contributed by atoms with van der Waals surface area (Å²) in [5.41, 5.74) is 3.18. The lowest BCUT2D eigenvalue weighted by atomic mass is 10.1. The third-order valence-corrected chi connectivity index (χ3v) is 6.22. The Morgan fingerprint density at radius 1 is 1.00 bits per heavy atom. The van der Waals surface area contributed by atoms with Gasteiger partial charge in [0.05, 0.1) is 11.1 Å². The Hall–Kier alpha value is -3.74. The number of rotatable bonds is 5. The molecule has 2 aromatic carbocycles. The first-order valence-corrected chi connectivity index (χ1v) is 11.2.